The molecule has 1 aliphatic heterocycles. The fraction of sp³-hybridized carbons (Fsp3) is 0.450. The van der Waals surface area contributed by atoms with Gasteiger partial charge in [-0.2, -0.15) is 0 Å². The molecule has 0 spiro atoms. The first-order valence-corrected chi connectivity index (χ1v) is 11.5. The van der Waals surface area contributed by atoms with Crippen LogP contribution in [-0.4, -0.2) is 60.8 Å². The summed E-state index contributed by atoms with van der Waals surface area (Å²) >= 11 is 0. The van der Waals surface area contributed by atoms with E-state index in [-0.39, 0.29) is 42.7 Å². The monoisotopic (exact) mass is 434 g/mol. The number of nitrogens with one attached hydrogen (secondary N) is 2. The molecule has 0 radical (unpaired) electrons. The van der Waals surface area contributed by atoms with E-state index in [1.165, 1.54) is 18.6 Å². The summed E-state index contributed by atoms with van der Waals surface area (Å²) in [6.07, 6.45) is 5.25. The Bertz CT molecular complexity index is 911. The Morgan fingerprint density at radius 2 is 2.00 bits per heavy atom. The Kier molecular flexibility index (Phi) is 7.86. The molecule has 10 heteroatoms. The molecule has 30 heavy (non-hydrogen) atoms. The molecule has 0 unspecified atom stereocenters. The average molecular weight is 435 g/mol. The largest absolute Gasteiger partial charge is 0.394 e. The van der Waals surface area contributed by atoms with Crippen LogP contribution in [0, 0.1) is 0 Å². The molecule has 0 aliphatic carbocycles. The number of hydrogen-bond acceptors (Lipinski definition) is 7. The highest BCUT2D eigenvalue weighted by molar-refractivity contribution is 7.88. The predicted octanol–water partition coefficient (Wildman–Crippen LogP) is 0.625. The predicted molar refractivity (Wildman–Crippen MR) is 110 cm³/mol. The van der Waals surface area contributed by atoms with E-state index >= 15 is 0 Å². The van der Waals surface area contributed by atoms with Crippen molar-refractivity contribution < 1.29 is 23.1 Å². The molecule has 1 saturated heterocycles. The highest BCUT2D eigenvalue weighted by Crippen LogP contribution is 2.22. The van der Waals surface area contributed by atoms with Crippen molar-refractivity contribution in [1.82, 2.24) is 20.0 Å². The Morgan fingerprint density at radius 1 is 1.20 bits per heavy atom. The summed E-state index contributed by atoms with van der Waals surface area (Å²) in [6.45, 7) is -0.00371. The van der Waals surface area contributed by atoms with Gasteiger partial charge in [-0.15, -0.1) is 0 Å². The van der Waals surface area contributed by atoms with Crippen LogP contribution in [0.1, 0.15) is 35.3 Å². The topological polar surface area (TPSA) is 131 Å². The maximum Gasteiger partial charge on any atom is 0.271 e. The summed E-state index contributed by atoms with van der Waals surface area (Å²) in [6, 6.07) is 8.63. The van der Waals surface area contributed by atoms with Crippen molar-refractivity contribution in [3.8, 4) is 0 Å². The molecule has 9 nitrogen and oxygen atoms in total. The van der Waals surface area contributed by atoms with Gasteiger partial charge in [0.05, 0.1) is 30.7 Å². The Balaban J connectivity index is 1.45. The fourth-order valence-electron chi connectivity index (χ4n) is 3.39. The van der Waals surface area contributed by atoms with E-state index < -0.39 is 16.1 Å². The van der Waals surface area contributed by atoms with Gasteiger partial charge in [0.25, 0.3) is 5.91 Å². The van der Waals surface area contributed by atoms with Gasteiger partial charge in [-0.05, 0) is 24.8 Å². The third-order valence-corrected chi connectivity index (χ3v) is 6.25. The van der Waals surface area contributed by atoms with Crippen LogP contribution in [0.15, 0.2) is 48.9 Å². The maximum absolute atomic E-state index is 12.3. The molecular weight excluding hydrogens is 408 g/mol. The molecule has 1 fully saturated rings. The van der Waals surface area contributed by atoms with Gasteiger partial charge in [-0.1, -0.05) is 30.3 Å². The molecule has 0 saturated carbocycles. The number of aliphatic hydroxyl groups is 1. The van der Waals surface area contributed by atoms with E-state index in [1.807, 2.05) is 6.07 Å². The van der Waals surface area contributed by atoms with Crippen LogP contribution < -0.4 is 10.0 Å². The van der Waals surface area contributed by atoms with Gasteiger partial charge in [0.15, 0.2) is 0 Å². The number of hydrogen-bond donors (Lipinski definition) is 3. The van der Waals surface area contributed by atoms with Crippen molar-refractivity contribution in [2.45, 2.75) is 43.3 Å². The lowest BCUT2D eigenvalue weighted by atomic mass is 9.97. The Morgan fingerprint density at radius 3 is 2.70 bits per heavy atom. The number of ether oxygens (including phenoxy) is 1. The standard InChI is InChI=1S/C20H26N4O5S/c25-13-19-17(24-20(26)18-12-21-10-11-22-18)7-6-16(29-19)8-9-23-30(27,28)14-15-4-2-1-3-5-15/h1-5,10-12,16-17,19,23,25H,6-9,13-14H2,(H,24,26)/t16-,17-,19-/m0/s1. The van der Waals surface area contributed by atoms with Crippen molar-refractivity contribution in [1.29, 1.82) is 0 Å². The highest BCUT2D eigenvalue weighted by Gasteiger charge is 2.32. The molecule has 3 N–H and O–H groups in total. The van der Waals surface area contributed by atoms with Gasteiger partial charge < -0.3 is 15.2 Å². The van der Waals surface area contributed by atoms with E-state index in [0.717, 1.165) is 5.56 Å². The number of benzene rings is 1. The molecule has 162 valence electrons. The van der Waals surface area contributed by atoms with Crippen LogP contribution >= 0.6 is 0 Å². The summed E-state index contributed by atoms with van der Waals surface area (Å²) in [4.78, 5) is 20.1. The van der Waals surface area contributed by atoms with Crippen LogP contribution in [0.4, 0.5) is 0 Å². The first-order chi connectivity index (χ1) is 14.5. The van der Waals surface area contributed by atoms with Crippen molar-refractivity contribution in [3.05, 3.63) is 60.2 Å². The van der Waals surface area contributed by atoms with Crippen molar-refractivity contribution in [2.75, 3.05) is 13.2 Å². The number of sulfonamides is 1. The van der Waals surface area contributed by atoms with Gasteiger partial charge in [-0.25, -0.2) is 18.1 Å². The minimum atomic E-state index is -3.44. The highest BCUT2D eigenvalue weighted by atomic mass is 32.2. The quantitative estimate of drug-likeness (QED) is 0.527. The van der Waals surface area contributed by atoms with Crippen LogP contribution in [0.3, 0.4) is 0 Å². The molecule has 1 aromatic carbocycles. The van der Waals surface area contributed by atoms with Crippen molar-refractivity contribution >= 4 is 15.9 Å². The molecule has 2 aromatic rings. The summed E-state index contributed by atoms with van der Waals surface area (Å²) < 4.78 is 32.9. The number of carbonyl (C=O) groups excluding carboxylic acids is 1. The average Bonchev–Trinajstić information content (AvgIpc) is 2.75. The molecule has 1 amide bonds. The van der Waals surface area contributed by atoms with Crippen molar-refractivity contribution in [2.24, 2.45) is 0 Å². The van der Waals surface area contributed by atoms with E-state index in [2.05, 4.69) is 20.0 Å². The Hall–Kier alpha value is -2.40. The van der Waals surface area contributed by atoms with E-state index in [1.54, 1.807) is 24.3 Å². The zero-order valence-electron chi connectivity index (χ0n) is 16.5. The maximum atomic E-state index is 12.3. The fourth-order valence-corrected chi connectivity index (χ4v) is 4.55. The lowest BCUT2D eigenvalue weighted by molar-refractivity contribution is -0.0891. The second-order valence-electron chi connectivity index (χ2n) is 7.15. The minimum Gasteiger partial charge on any atom is -0.394 e. The third kappa shape index (κ3) is 6.56. The lowest BCUT2D eigenvalue weighted by Crippen LogP contribution is -2.51. The smallest absolute Gasteiger partial charge is 0.271 e. The number of rotatable bonds is 9. The number of nitrogens with zero attached hydrogens (tertiary/aromatic N) is 2. The van der Waals surface area contributed by atoms with Gasteiger partial charge in [-0.3, -0.25) is 9.78 Å². The van der Waals surface area contributed by atoms with Crippen LogP contribution in [0.2, 0.25) is 0 Å². The van der Waals surface area contributed by atoms with Crippen LogP contribution in [0.25, 0.3) is 0 Å². The molecule has 0 bridgehead atoms. The third-order valence-electron chi connectivity index (χ3n) is 4.90. The minimum absolute atomic E-state index is 0.0743. The lowest BCUT2D eigenvalue weighted by Gasteiger charge is -2.36. The molecular formula is C20H26N4O5S. The zero-order valence-corrected chi connectivity index (χ0v) is 17.3. The van der Waals surface area contributed by atoms with Gasteiger partial charge in [0, 0.05) is 18.9 Å². The first-order valence-electron chi connectivity index (χ1n) is 9.81. The molecule has 1 aliphatic rings. The summed E-state index contributed by atoms with van der Waals surface area (Å²) in [5, 5.41) is 12.5. The van der Waals surface area contributed by atoms with Gasteiger partial charge in [0.2, 0.25) is 10.0 Å². The molecule has 3 rings (SSSR count). The molecule has 1 aromatic heterocycles. The molecule has 3 atom stereocenters. The van der Waals surface area contributed by atoms with Crippen LogP contribution in [-0.2, 0) is 20.5 Å². The number of aliphatic hydroxyl groups excluding tert-OH is 1. The second-order valence-corrected chi connectivity index (χ2v) is 8.96. The van der Waals surface area contributed by atoms with Crippen LogP contribution in [0.5, 0.6) is 0 Å². The van der Waals surface area contributed by atoms with Crippen molar-refractivity contribution in [3.63, 3.8) is 0 Å². The van der Waals surface area contributed by atoms with E-state index in [4.69, 9.17) is 4.74 Å². The van der Waals surface area contributed by atoms with E-state index in [9.17, 15) is 18.3 Å². The van der Waals surface area contributed by atoms with E-state index in [0.29, 0.717) is 19.3 Å². The van der Waals surface area contributed by atoms with Gasteiger partial charge in [0.1, 0.15) is 11.8 Å². The number of amides is 1. The summed E-state index contributed by atoms with van der Waals surface area (Å²) in [5.41, 5.74) is 0.921. The summed E-state index contributed by atoms with van der Waals surface area (Å²) in [5.74, 6) is -0.447. The Labute approximate surface area is 176 Å². The van der Waals surface area contributed by atoms with Gasteiger partial charge >= 0.3 is 0 Å². The number of aromatic nitrogens is 2. The number of carbonyl (C=O) groups is 1. The SMILES string of the molecule is O=C(N[C@H]1CC[C@@H](CCNS(=O)(=O)Cc2ccccc2)O[C@H]1CO)c1cnccn1. The zero-order chi connectivity index (χ0) is 21.4. The normalized spacial score (nSPS) is 21.8. The molecule has 2 heterocycles. The summed E-state index contributed by atoms with van der Waals surface area (Å²) in [7, 11) is -3.44. The second kappa shape index (κ2) is 10.6. The first kappa shape index (κ1) is 22.3.